The molecule has 0 fully saturated rings. The molecule has 0 saturated carbocycles. The van der Waals surface area contributed by atoms with Gasteiger partial charge < -0.3 is 21.1 Å². The number of nitrogens with zero attached hydrogens (tertiary/aromatic N) is 1. The highest BCUT2D eigenvalue weighted by Crippen LogP contribution is 2.27. The molecular weight excluding hydrogens is 430 g/mol. The Hall–Kier alpha value is -2.28. The van der Waals surface area contributed by atoms with Crippen LogP contribution in [0.1, 0.15) is 52.2 Å². The summed E-state index contributed by atoms with van der Waals surface area (Å²) >= 11 is 4.43. The Labute approximate surface area is 206 Å². The van der Waals surface area contributed by atoms with Gasteiger partial charge in [-0.2, -0.15) is 12.6 Å². The Bertz CT molecular complexity index is 762. The molecule has 1 atom stereocenters. The van der Waals surface area contributed by atoms with Crippen LogP contribution in [0.4, 0.5) is 0 Å². The molecule has 0 radical (unpaired) electrons. The number of aliphatic hydroxyl groups excluding tert-OH is 1. The number of rotatable bonds is 8. The van der Waals surface area contributed by atoms with Gasteiger partial charge in [0, 0.05) is 13.1 Å². The van der Waals surface area contributed by atoms with Crippen LogP contribution in [-0.2, 0) is 11.3 Å². The van der Waals surface area contributed by atoms with Crippen molar-refractivity contribution in [3.8, 4) is 0 Å². The molecule has 0 spiro atoms. The second-order valence-corrected chi connectivity index (χ2v) is 8.99. The fourth-order valence-corrected chi connectivity index (χ4v) is 2.92. The third-order valence-corrected chi connectivity index (χ3v) is 5.39. The number of aliphatic hydroxyl groups is 1. The molecule has 2 aromatic rings. The summed E-state index contributed by atoms with van der Waals surface area (Å²) in [7, 11) is 0. The second kappa shape index (κ2) is 18.2. The lowest BCUT2D eigenvalue weighted by atomic mass is 9.95. The summed E-state index contributed by atoms with van der Waals surface area (Å²) in [5.74, 6) is -0.248. The molecule has 0 aliphatic carbocycles. The first-order valence-electron chi connectivity index (χ1n) is 11.5. The van der Waals surface area contributed by atoms with Crippen molar-refractivity contribution in [1.82, 2.24) is 10.2 Å². The molecule has 4 N–H and O–H groups in total. The van der Waals surface area contributed by atoms with E-state index < -0.39 is 6.61 Å². The number of benzene rings is 2. The number of nitrogens with two attached hydrogens (primary N) is 1. The van der Waals surface area contributed by atoms with Crippen LogP contribution in [0.5, 0.6) is 0 Å². The largest absolute Gasteiger partial charge is 0.387 e. The summed E-state index contributed by atoms with van der Waals surface area (Å²) in [6.07, 6.45) is 4.93. The van der Waals surface area contributed by atoms with Crippen LogP contribution in [0.2, 0.25) is 0 Å². The zero-order valence-corrected chi connectivity index (χ0v) is 21.8. The fraction of sp³-hybridized carbons (Fsp3) is 0.444. The van der Waals surface area contributed by atoms with Crippen molar-refractivity contribution < 1.29 is 9.90 Å². The van der Waals surface area contributed by atoms with Crippen LogP contribution in [0.15, 0.2) is 66.9 Å². The number of hydrogen-bond donors (Lipinski definition) is 4. The van der Waals surface area contributed by atoms with E-state index in [1.807, 2.05) is 65.1 Å². The summed E-state index contributed by atoms with van der Waals surface area (Å²) in [5, 5.41) is 11.9. The Morgan fingerprint density at radius 1 is 1.09 bits per heavy atom. The Morgan fingerprint density at radius 2 is 1.61 bits per heavy atom. The molecule has 0 aliphatic heterocycles. The zero-order valence-electron chi connectivity index (χ0n) is 20.9. The molecule has 2 rings (SSSR count). The molecule has 5 nitrogen and oxygen atoms in total. The number of nitrogens with one attached hydrogen (secondary N) is 1. The molecule has 33 heavy (non-hydrogen) atoms. The molecule has 1 amide bonds. The van der Waals surface area contributed by atoms with E-state index in [1.54, 1.807) is 4.90 Å². The molecule has 0 aliphatic rings. The summed E-state index contributed by atoms with van der Waals surface area (Å²) in [6.45, 7) is 11.8. The third-order valence-electron chi connectivity index (χ3n) is 4.33. The van der Waals surface area contributed by atoms with Crippen LogP contribution < -0.4 is 11.1 Å². The van der Waals surface area contributed by atoms with Crippen LogP contribution in [0.25, 0.3) is 6.08 Å². The minimum atomic E-state index is -0.437. The highest BCUT2D eigenvalue weighted by Gasteiger charge is 2.29. The molecule has 0 heterocycles. The van der Waals surface area contributed by atoms with Gasteiger partial charge in [0.2, 0.25) is 5.91 Å². The van der Waals surface area contributed by atoms with Gasteiger partial charge in [0.15, 0.2) is 0 Å². The minimum absolute atomic E-state index is 0.0802. The van der Waals surface area contributed by atoms with E-state index in [-0.39, 0.29) is 16.7 Å². The van der Waals surface area contributed by atoms with Crippen molar-refractivity contribution in [2.45, 2.75) is 53.0 Å². The molecule has 0 aromatic heterocycles. The predicted molar refractivity (Wildman–Crippen MR) is 145 cm³/mol. The predicted octanol–water partition coefficient (Wildman–Crippen LogP) is 4.93. The first kappa shape index (κ1) is 30.7. The Morgan fingerprint density at radius 3 is 2.06 bits per heavy atom. The van der Waals surface area contributed by atoms with Gasteiger partial charge in [0.05, 0.1) is 5.37 Å². The summed E-state index contributed by atoms with van der Waals surface area (Å²) < 4.78 is 0. The fourth-order valence-electron chi connectivity index (χ4n) is 2.67. The van der Waals surface area contributed by atoms with E-state index in [2.05, 4.69) is 60.4 Å². The molecule has 2 aromatic carbocycles. The monoisotopic (exact) mass is 473 g/mol. The maximum absolute atomic E-state index is 11.4. The van der Waals surface area contributed by atoms with Crippen molar-refractivity contribution in [3.63, 3.8) is 0 Å². The number of carbonyl (C=O) groups is 1. The first-order valence-corrected chi connectivity index (χ1v) is 12.0. The topological polar surface area (TPSA) is 78.6 Å². The van der Waals surface area contributed by atoms with E-state index in [0.717, 1.165) is 19.5 Å². The maximum atomic E-state index is 11.4. The summed E-state index contributed by atoms with van der Waals surface area (Å²) in [6, 6.07) is 20.6. The summed E-state index contributed by atoms with van der Waals surface area (Å²) in [5.41, 5.74) is 7.27. The van der Waals surface area contributed by atoms with Crippen molar-refractivity contribution in [2.24, 2.45) is 11.1 Å². The molecule has 0 saturated heterocycles. The molecule has 6 heteroatoms. The van der Waals surface area contributed by atoms with E-state index >= 15 is 0 Å². The SMILES string of the molecule is C(=C\c1ccccc1)/NCc1ccccc1.CCCN(C(=O)CO)[C@@H](S)C(C)(C)C.CCN. The number of hydrogen-bond acceptors (Lipinski definition) is 5. The molecular formula is C27H43N3O2S. The lowest BCUT2D eigenvalue weighted by molar-refractivity contribution is -0.136. The van der Waals surface area contributed by atoms with Crippen LogP contribution in [-0.4, -0.2) is 41.0 Å². The normalized spacial score (nSPS) is 11.5. The highest BCUT2D eigenvalue weighted by molar-refractivity contribution is 7.81. The first-order chi connectivity index (χ1) is 15.7. The van der Waals surface area contributed by atoms with Crippen LogP contribution in [0.3, 0.4) is 0 Å². The van der Waals surface area contributed by atoms with Crippen molar-refractivity contribution in [3.05, 3.63) is 78.0 Å². The smallest absolute Gasteiger partial charge is 0.249 e. The lowest BCUT2D eigenvalue weighted by Gasteiger charge is -2.36. The molecule has 184 valence electrons. The van der Waals surface area contributed by atoms with Gasteiger partial charge in [0.1, 0.15) is 6.61 Å². The minimum Gasteiger partial charge on any atom is -0.387 e. The van der Waals surface area contributed by atoms with Gasteiger partial charge in [-0.05, 0) is 41.8 Å². The number of thiol groups is 1. The number of amides is 1. The van der Waals surface area contributed by atoms with Gasteiger partial charge in [-0.3, -0.25) is 4.79 Å². The van der Waals surface area contributed by atoms with Crippen LogP contribution in [0, 0.1) is 5.41 Å². The van der Waals surface area contributed by atoms with Gasteiger partial charge in [0.25, 0.3) is 0 Å². The highest BCUT2D eigenvalue weighted by atomic mass is 32.1. The standard InChI is InChI=1S/C15H15N.C10H21NO2S.C2H7N/c1-3-7-14(8-4-1)11-12-16-13-15-9-5-2-6-10-15;1-5-6-11(8(13)7-12)9(14)10(2,3)4;1-2-3/h1-12,16H,13H2;9,12,14H,5-7H2,1-4H3;2-3H2,1H3/b12-11+;;/t;9-;/m.0./s1. The van der Waals surface area contributed by atoms with E-state index in [9.17, 15) is 4.79 Å². The summed E-state index contributed by atoms with van der Waals surface area (Å²) in [4.78, 5) is 13.0. The average molecular weight is 474 g/mol. The molecule has 0 unspecified atom stereocenters. The van der Waals surface area contributed by atoms with E-state index in [1.165, 1.54) is 11.1 Å². The maximum Gasteiger partial charge on any atom is 0.249 e. The number of carbonyl (C=O) groups excluding carboxylic acids is 1. The second-order valence-electron chi connectivity index (χ2n) is 8.50. The van der Waals surface area contributed by atoms with Gasteiger partial charge >= 0.3 is 0 Å². The third kappa shape index (κ3) is 14.5. The lowest BCUT2D eigenvalue weighted by Crippen LogP contribution is -2.45. The van der Waals surface area contributed by atoms with Gasteiger partial charge in [-0.25, -0.2) is 0 Å². The zero-order chi connectivity index (χ0) is 25.1. The van der Waals surface area contributed by atoms with E-state index in [0.29, 0.717) is 6.54 Å². The average Bonchev–Trinajstić information content (AvgIpc) is 2.81. The van der Waals surface area contributed by atoms with Crippen LogP contribution >= 0.6 is 12.6 Å². The Kier molecular flexibility index (Phi) is 16.9. The van der Waals surface area contributed by atoms with Gasteiger partial charge in [-0.15, -0.1) is 0 Å². The van der Waals surface area contributed by atoms with E-state index in [4.69, 9.17) is 10.8 Å². The van der Waals surface area contributed by atoms with Crippen molar-refractivity contribution in [1.29, 1.82) is 0 Å². The van der Waals surface area contributed by atoms with Gasteiger partial charge in [-0.1, -0.05) is 95.3 Å². The van der Waals surface area contributed by atoms with Crippen molar-refractivity contribution >= 4 is 24.6 Å². The van der Waals surface area contributed by atoms with Crippen molar-refractivity contribution in [2.75, 3.05) is 19.7 Å². The quantitative estimate of drug-likeness (QED) is 0.324. The Balaban J connectivity index is 0.000000560. The molecule has 0 bridgehead atoms.